The molecule has 1 fully saturated rings. The highest BCUT2D eigenvalue weighted by atomic mass is 16.5. The summed E-state index contributed by atoms with van der Waals surface area (Å²) in [5.41, 5.74) is 4.10. The number of carbonyl (C=O) groups is 3. The van der Waals surface area contributed by atoms with Crippen molar-refractivity contribution >= 4 is 18.0 Å². The highest BCUT2D eigenvalue weighted by Gasteiger charge is 2.31. The van der Waals surface area contributed by atoms with Gasteiger partial charge in [0.1, 0.15) is 6.61 Å². The van der Waals surface area contributed by atoms with Gasteiger partial charge in [-0.3, -0.25) is 9.59 Å². The Morgan fingerprint density at radius 1 is 1.00 bits per heavy atom. The second-order valence-corrected chi connectivity index (χ2v) is 10.3. The summed E-state index contributed by atoms with van der Waals surface area (Å²) >= 11 is 0. The Labute approximate surface area is 206 Å². The van der Waals surface area contributed by atoms with Crippen LogP contribution >= 0.6 is 0 Å². The lowest BCUT2D eigenvalue weighted by atomic mass is 9.93. The van der Waals surface area contributed by atoms with E-state index in [0.717, 1.165) is 12.8 Å². The third-order valence-corrected chi connectivity index (χ3v) is 7.18. The number of fused-ring (bicyclic) bond motifs is 3. The number of ether oxygens (including phenoxy) is 1. The topological polar surface area (TPSA) is 95.9 Å². The quantitative estimate of drug-likeness (QED) is 0.568. The Hall–Kier alpha value is -3.35. The molecule has 35 heavy (non-hydrogen) atoms. The summed E-state index contributed by atoms with van der Waals surface area (Å²) in [7, 11) is 0. The molecule has 2 amide bonds. The number of likely N-dealkylation sites (tertiary alicyclic amines) is 1. The average Bonchev–Trinajstić information content (AvgIpc) is 3.15. The van der Waals surface area contributed by atoms with Crippen LogP contribution in [-0.2, 0) is 14.3 Å². The lowest BCUT2D eigenvalue weighted by Crippen LogP contribution is -2.45. The number of alkyl carbamates (subject to hydrolysis) is 1. The number of nitrogens with zero attached hydrogens (tertiary/aromatic N) is 1. The van der Waals surface area contributed by atoms with Gasteiger partial charge in [0.25, 0.3) is 0 Å². The van der Waals surface area contributed by atoms with Gasteiger partial charge < -0.3 is 20.1 Å². The SMILES string of the molecule is CC(C)(CCC(=O)N1CCC(CC(=O)O)CC1)NC(=O)OCC1c2ccccc2-c2ccccc21. The Balaban J connectivity index is 1.25. The van der Waals surface area contributed by atoms with E-state index in [4.69, 9.17) is 9.84 Å². The standard InChI is InChI=1S/C28H34N2O5/c1-28(2,14-11-25(31)30-15-12-19(13-16-30)17-26(32)33)29-27(34)35-18-24-22-9-5-3-7-20(22)21-8-4-6-10-23(21)24/h3-10,19,24H,11-18H2,1-2H3,(H,29,34)(H,32,33). The number of aliphatic carboxylic acids is 1. The van der Waals surface area contributed by atoms with Crippen LogP contribution in [0, 0.1) is 5.92 Å². The Morgan fingerprint density at radius 2 is 1.57 bits per heavy atom. The van der Waals surface area contributed by atoms with Gasteiger partial charge in [-0.2, -0.15) is 0 Å². The van der Waals surface area contributed by atoms with Crippen molar-refractivity contribution in [1.29, 1.82) is 0 Å². The predicted octanol–water partition coefficient (Wildman–Crippen LogP) is 4.80. The van der Waals surface area contributed by atoms with Gasteiger partial charge in [0.2, 0.25) is 5.91 Å². The molecule has 0 atom stereocenters. The Bertz CT molecular complexity index is 1040. The molecule has 1 aliphatic carbocycles. The van der Waals surface area contributed by atoms with Gasteiger partial charge in [-0.05, 0) is 61.3 Å². The number of carboxylic acid groups (broad SMARTS) is 1. The van der Waals surface area contributed by atoms with Gasteiger partial charge in [-0.15, -0.1) is 0 Å². The van der Waals surface area contributed by atoms with Crippen LogP contribution in [0.4, 0.5) is 4.79 Å². The molecule has 7 heteroatoms. The van der Waals surface area contributed by atoms with Crippen LogP contribution in [0.3, 0.4) is 0 Å². The number of amides is 2. The van der Waals surface area contributed by atoms with Crippen molar-refractivity contribution in [3.8, 4) is 11.1 Å². The number of carboxylic acids is 1. The molecule has 0 unspecified atom stereocenters. The van der Waals surface area contributed by atoms with Crippen LogP contribution in [0.1, 0.15) is 63.0 Å². The van der Waals surface area contributed by atoms with Crippen molar-refractivity contribution in [3.05, 3.63) is 59.7 Å². The highest BCUT2D eigenvalue weighted by molar-refractivity contribution is 5.79. The molecule has 186 valence electrons. The number of benzene rings is 2. The first-order valence-corrected chi connectivity index (χ1v) is 12.4. The lowest BCUT2D eigenvalue weighted by Gasteiger charge is -2.32. The maximum absolute atomic E-state index is 12.7. The molecule has 0 spiro atoms. The lowest BCUT2D eigenvalue weighted by molar-refractivity contribution is -0.138. The van der Waals surface area contributed by atoms with Crippen LogP contribution in [0.15, 0.2) is 48.5 Å². The summed E-state index contributed by atoms with van der Waals surface area (Å²) in [6.45, 7) is 5.22. The fourth-order valence-electron chi connectivity index (χ4n) is 5.18. The van der Waals surface area contributed by atoms with E-state index < -0.39 is 17.6 Å². The van der Waals surface area contributed by atoms with Gasteiger partial charge in [0, 0.05) is 37.4 Å². The van der Waals surface area contributed by atoms with Gasteiger partial charge in [0.15, 0.2) is 0 Å². The molecule has 2 aliphatic rings. The molecule has 2 aromatic rings. The van der Waals surface area contributed by atoms with Gasteiger partial charge in [-0.25, -0.2) is 4.79 Å². The fraction of sp³-hybridized carbons (Fsp3) is 0.464. The first-order chi connectivity index (χ1) is 16.7. The molecular weight excluding hydrogens is 444 g/mol. The zero-order valence-electron chi connectivity index (χ0n) is 20.5. The maximum Gasteiger partial charge on any atom is 0.407 e. The van der Waals surface area contributed by atoms with E-state index in [1.807, 2.05) is 43.0 Å². The summed E-state index contributed by atoms with van der Waals surface area (Å²) in [6.07, 6.45) is 1.93. The smallest absolute Gasteiger partial charge is 0.407 e. The van der Waals surface area contributed by atoms with Crippen molar-refractivity contribution in [2.45, 2.75) is 57.4 Å². The molecule has 0 radical (unpaired) electrons. The van der Waals surface area contributed by atoms with Crippen LogP contribution in [0.2, 0.25) is 0 Å². The molecule has 2 aromatic carbocycles. The number of nitrogens with one attached hydrogen (secondary N) is 1. The number of hydrogen-bond acceptors (Lipinski definition) is 4. The van der Waals surface area contributed by atoms with E-state index >= 15 is 0 Å². The zero-order chi connectivity index (χ0) is 25.0. The van der Waals surface area contributed by atoms with E-state index in [-0.39, 0.29) is 30.8 Å². The highest BCUT2D eigenvalue weighted by Crippen LogP contribution is 2.44. The third kappa shape index (κ3) is 6.02. The van der Waals surface area contributed by atoms with Gasteiger partial charge in [0.05, 0.1) is 0 Å². The largest absolute Gasteiger partial charge is 0.481 e. The van der Waals surface area contributed by atoms with Crippen LogP contribution < -0.4 is 5.32 Å². The summed E-state index contributed by atoms with van der Waals surface area (Å²) in [6, 6.07) is 16.4. The number of rotatable bonds is 8. The first-order valence-electron chi connectivity index (χ1n) is 12.4. The second kappa shape index (κ2) is 10.5. The molecule has 1 aliphatic heterocycles. The fourth-order valence-corrected chi connectivity index (χ4v) is 5.18. The summed E-state index contributed by atoms with van der Waals surface area (Å²) in [4.78, 5) is 38.0. The summed E-state index contributed by atoms with van der Waals surface area (Å²) in [5, 5.41) is 11.9. The Kier molecular flexibility index (Phi) is 7.43. The zero-order valence-corrected chi connectivity index (χ0v) is 20.5. The van der Waals surface area contributed by atoms with Crippen LogP contribution in [0.25, 0.3) is 11.1 Å². The molecule has 1 saturated heterocycles. The van der Waals surface area contributed by atoms with E-state index in [1.54, 1.807) is 0 Å². The van der Waals surface area contributed by atoms with Crippen molar-refractivity contribution < 1.29 is 24.2 Å². The minimum absolute atomic E-state index is 0.00175. The molecule has 2 N–H and O–H groups in total. The second-order valence-electron chi connectivity index (χ2n) is 10.3. The Morgan fingerprint density at radius 3 is 2.14 bits per heavy atom. The van der Waals surface area contributed by atoms with E-state index in [2.05, 4.69) is 29.6 Å². The number of carbonyl (C=O) groups excluding carboxylic acids is 2. The molecule has 4 rings (SSSR count). The maximum atomic E-state index is 12.7. The van der Waals surface area contributed by atoms with E-state index in [0.29, 0.717) is 25.9 Å². The van der Waals surface area contributed by atoms with Crippen LogP contribution in [-0.4, -0.2) is 53.2 Å². The normalized spacial score (nSPS) is 15.9. The van der Waals surface area contributed by atoms with Crippen molar-refractivity contribution in [3.63, 3.8) is 0 Å². The van der Waals surface area contributed by atoms with Gasteiger partial charge in [-0.1, -0.05) is 48.5 Å². The minimum atomic E-state index is -0.782. The minimum Gasteiger partial charge on any atom is -0.481 e. The van der Waals surface area contributed by atoms with Crippen molar-refractivity contribution in [1.82, 2.24) is 10.2 Å². The number of hydrogen-bond donors (Lipinski definition) is 2. The van der Waals surface area contributed by atoms with Crippen LogP contribution in [0.5, 0.6) is 0 Å². The molecular formula is C28H34N2O5. The van der Waals surface area contributed by atoms with Gasteiger partial charge >= 0.3 is 12.1 Å². The van der Waals surface area contributed by atoms with Crippen molar-refractivity contribution in [2.75, 3.05) is 19.7 Å². The summed E-state index contributed by atoms with van der Waals surface area (Å²) < 4.78 is 5.65. The molecule has 0 saturated carbocycles. The predicted molar refractivity (Wildman–Crippen MR) is 133 cm³/mol. The van der Waals surface area contributed by atoms with E-state index in [9.17, 15) is 14.4 Å². The van der Waals surface area contributed by atoms with E-state index in [1.165, 1.54) is 22.3 Å². The molecule has 0 aromatic heterocycles. The molecule has 0 bridgehead atoms. The third-order valence-electron chi connectivity index (χ3n) is 7.18. The summed E-state index contributed by atoms with van der Waals surface area (Å²) in [5.74, 6) is -0.595. The first kappa shape index (κ1) is 24.8. The monoisotopic (exact) mass is 478 g/mol. The number of piperidine rings is 1. The van der Waals surface area contributed by atoms with Crippen molar-refractivity contribution in [2.24, 2.45) is 5.92 Å². The average molecular weight is 479 g/mol. The molecule has 7 nitrogen and oxygen atoms in total. The molecule has 1 heterocycles.